The van der Waals surface area contributed by atoms with Gasteiger partial charge in [-0.25, -0.2) is 24.8 Å². The third kappa shape index (κ3) is 4.48. The Bertz CT molecular complexity index is 1330. The second-order valence-electron chi connectivity index (χ2n) is 7.57. The predicted octanol–water partition coefficient (Wildman–Crippen LogP) is 4.04. The van der Waals surface area contributed by atoms with Gasteiger partial charge in [0.2, 0.25) is 0 Å². The molecule has 170 valence electrons. The number of hydrogen-bond acceptors (Lipinski definition) is 9. The summed E-state index contributed by atoms with van der Waals surface area (Å²) in [4.78, 5) is 38.0. The lowest BCUT2D eigenvalue weighted by Crippen LogP contribution is -2.31. The summed E-state index contributed by atoms with van der Waals surface area (Å²) >= 11 is 1.22. The summed E-state index contributed by atoms with van der Waals surface area (Å²) in [5.41, 5.74) is 2.91. The van der Waals surface area contributed by atoms with E-state index in [0.717, 1.165) is 16.8 Å². The van der Waals surface area contributed by atoms with Crippen LogP contribution in [0.25, 0.3) is 10.8 Å². The number of aromatic nitrogens is 3. The molecule has 0 bridgehead atoms. The summed E-state index contributed by atoms with van der Waals surface area (Å²) in [6.45, 7) is 1.53. The van der Waals surface area contributed by atoms with Gasteiger partial charge in [-0.15, -0.1) is 11.3 Å². The number of benzene rings is 1. The molecule has 34 heavy (non-hydrogen) atoms. The molecule has 1 atom stereocenters. The first-order valence-electron chi connectivity index (χ1n) is 10.5. The van der Waals surface area contributed by atoms with Crippen molar-refractivity contribution in [3.05, 3.63) is 89.1 Å². The first-order valence-corrected chi connectivity index (χ1v) is 11.4. The molecule has 1 aliphatic heterocycles. The van der Waals surface area contributed by atoms with Gasteiger partial charge in [-0.05, 0) is 30.7 Å². The maximum Gasteiger partial charge on any atom is 0.358 e. The zero-order valence-corrected chi connectivity index (χ0v) is 18.9. The molecule has 0 aliphatic carbocycles. The zero-order valence-electron chi connectivity index (χ0n) is 18.1. The first kappa shape index (κ1) is 21.7. The van der Waals surface area contributed by atoms with Crippen molar-refractivity contribution in [1.29, 1.82) is 0 Å². The number of esters is 1. The summed E-state index contributed by atoms with van der Waals surface area (Å²) < 4.78 is 10.8. The van der Waals surface area contributed by atoms with Crippen LogP contribution in [0.15, 0.2) is 76.0 Å². The third-order valence-electron chi connectivity index (χ3n) is 5.22. The Hall–Kier alpha value is -4.18. The number of rotatable bonds is 6. The second-order valence-corrected chi connectivity index (χ2v) is 8.43. The fourth-order valence-corrected chi connectivity index (χ4v) is 4.24. The summed E-state index contributed by atoms with van der Waals surface area (Å²) in [5, 5.41) is 7.90. The largest absolute Gasteiger partial charge is 0.467 e. The Labute approximate surface area is 198 Å². The molecule has 10 heteroatoms. The Kier molecular flexibility index (Phi) is 5.96. The first-order chi connectivity index (χ1) is 16.6. The highest BCUT2D eigenvalue weighted by Crippen LogP contribution is 2.33. The summed E-state index contributed by atoms with van der Waals surface area (Å²) in [6.07, 6.45) is 5.23. The smallest absolute Gasteiger partial charge is 0.358 e. The molecule has 9 nitrogen and oxygen atoms in total. The molecule has 4 heterocycles. The molecule has 3 aromatic heterocycles. The van der Waals surface area contributed by atoms with Crippen molar-refractivity contribution in [2.24, 2.45) is 5.10 Å². The standard InChI is InChI=1S/C24H19N5O4S/c1-15-5-7-16(8-6-15)17-12-19(20-4-2-11-32-20)29(28-17)21(30)13-33-24(31)18-14-34-23(27-18)22-25-9-3-10-26-22/h2-11,14,19H,12-13H2,1H3. The van der Waals surface area contributed by atoms with Gasteiger partial charge in [0.05, 0.1) is 12.0 Å². The van der Waals surface area contributed by atoms with Crippen LogP contribution in [-0.2, 0) is 9.53 Å². The SMILES string of the molecule is Cc1ccc(C2=NN(C(=O)COC(=O)c3csc(-c4ncccn4)n3)C(c3ccco3)C2)cc1. The van der Waals surface area contributed by atoms with Crippen molar-refractivity contribution < 1.29 is 18.7 Å². The molecule has 0 spiro atoms. The molecule has 0 saturated carbocycles. The van der Waals surface area contributed by atoms with Crippen LogP contribution < -0.4 is 0 Å². The van der Waals surface area contributed by atoms with Crippen molar-refractivity contribution in [2.75, 3.05) is 6.61 Å². The van der Waals surface area contributed by atoms with E-state index in [9.17, 15) is 9.59 Å². The lowest BCUT2D eigenvalue weighted by Gasteiger charge is -2.19. The van der Waals surface area contributed by atoms with E-state index in [1.165, 1.54) is 16.3 Å². The Morgan fingerprint density at radius 2 is 1.94 bits per heavy atom. The molecule has 1 aliphatic rings. The average molecular weight is 474 g/mol. The van der Waals surface area contributed by atoms with Crippen LogP contribution in [0.4, 0.5) is 0 Å². The molecular weight excluding hydrogens is 454 g/mol. The van der Waals surface area contributed by atoms with Gasteiger partial charge in [-0.2, -0.15) is 5.10 Å². The number of hydrazone groups is 1. The Morgan fingerprint density at radius 3 is 2.68 bits per heavy atom. The van der Waals surface area contributed by atoms with Crippen LogP contribution in [0.1, 0.15) is 39.8 Å². The Balaban J connectivity index is 1.29. The number of amides is 1. The highest BCUT2D eigenvalue weighted by molar-refractivity contribution is 7.13. The molecule has 0 N–H and O–H groups in total. The monoisotopic (exact) mass is 473 g/mol. The van der Waals surface area contributed by atoms with Crippen LogP contribution in [-0.4, -0.2) is 44.2 Å². The average Bonchev–Trinajstić information content (AvgIpc) is 3.64. The van der Waals surface area contributed by atoms with E-state index in [4.69, 9.17) is 9.15 Å². The zero-order chi connectivity index (χ0) is 23.5. The molecule has 4 aromatic rings. The minimum Gasteiger partial charge on any atom is -0.467 e. The van der Waals surface area contributed by atoms with Crippen LogP contribution in [0.5, 0.6) is 0 Å². The number of aryl methyl sites for hydroxylation is 1. The number of hydrogen-bond donors (Lipinski definition) is 0. The molecule has 1 unspecified atom stereocenters. The predicted molar refractivity (Wildman–Crippen MR) is 124 cm³/mol. The minimum atomic E-state index is -0.705. The molecule has 0 fully saturated rings. The number of nitrogens with zero attached hydrogens (tertiary/aromatic N) is 5. The fraction of sp³-hybridized carbons (Fsp3) is 0.167. The van der Waals surface area contributed by atoms with Gasteiger partial charge in [-0.3, -0.25) is 4.79 Å². The number of thiazole rings is 1. The molecule has 0 radical (unpaired) electrons. The summed E-state index contributed by atoms with van der Waals surface area (Å²) in [7, 11) is 0. The molecule has 1 aromatic carbocycles. The van der Waals surface area contributed by atoms with E-state index in [-0.39, 0.29) is 5.69 Å². The fourth-order valence-electron chi connectivity index (χ4n) is 3.51. The van der Waals surface area contributed by atoms with Crippen molar-refractivity contribution in [3.8, 4) is 10.8 Å². The molecule has 5 rings (SSSR count). The van der Waals surface area contributed by atoms with Crippen LogP contribution >= 0.6 is 11.3 Å². The number of carbonyl (C=O) groups excluding carboxylic acids is 2. The summed E-state index contributed by atoms with van der Waals surface area (Å²) in [5.74, 6) is -0.140. The maximum atomic E-state index is 13.0. The van der Waals surface area contributed by atoms with Gasteiger partial charge in [-0.1, -0.05) is 29.8 Å². The van der Waals surface area contributed by atoms with Gasteiger partial charge in [0.15, 0.2) is 23.1 Å². The normalized spacial score (nSPS) is 15.3. The topological polar surface area (TPSA) is 111 Å². The van der Waals surface area contributed by atoms with Crippen LogP contribution in [0, 0.1) is 6.92 Å². The molecular formula is C24H19N5O4S. The van der Waals surface area contributed by atoms with Gasteiger partial charge < -0.3 is 9.15 Å². The maximum absolute atomic E-state index is 13.0. The van der Waals surface area contributed by atoms with E-state index >= 15 is 0 Å². The van der Waals surface area contributed by atoms with Gasteiger partial charge in [0.1, 0.15) is 11.8 Å². The van der Waals surface area contributed by atoms with Gasteiger partial charge in [0.25, 0.3) is 5.91 Å². The van der Waals surface area contributed by atoms with Crippen molar-refractivity contribution in [1.82, 2.24) is 20.0 Å². The molecule has 0 saturated heterocycles. The van der Waals surface area contributed by atoms with Crippen molar-refractivity contribution in [2.45, 2.75) is 19.4 Å². The van der Waals surface area contributed by atoms with E-state index in [0.29, 0.717) is 23.0 Å². The number of ether oxygens (including phenoxy) is 1. The number of furan rings is 1. The third-order valence-corrected chi connectivity index (χ3v) is 6.06. The van der Waals surface area contributed by atoms with Crippen LogP contribution in [0.2, 0.25) is 0 Å². The lowest BCUT2D eigenvalue weighted by atomic mass is 10.0. The van der Waals surface area contributed by atoms with Crippen molar-refractivity contribution >= 4 is 28.9 Å². The minimum absolute atomic E-state index is 0.0908. The van der Waals surface area contributed by atoms with Gasteiger partial charge in [0, 0.05) is 24.2 Å². The second kappa shape index (κ2) is 9.36. The van der Waals surface area contributed by atoms with E-state index in [1.807, 2.05) is 31.2 Å². The molecule has 1 amide bonds. The van der Waals surface area contributed by atoms with Gasteiger partial charge >= 0.3 is 5.97 Å². The van der Waals surface area contributed by atoms with Crippen molar-refractivity contribution in [3.63, 3.8) is 0 Å². The number of carbonyl (C=O) groups is 2. The van der Waals surface area contributed by atoms with Crippen LogP contribution in [0.3, 0.4) is 0 Å². The highest BCUT2D eigenvalue weighted by Gasteiger charge is 2.35. The summed E-state index contributed by atoms with van der Waals surface area (Å²) in [6, 6.07) is 12.8. The Morgan fingerprint density at radius 1 is 1.15 bits per heavy atom. The van der Waals surface area contributed by atoms with E-state index in [1.54, 1.807) is 42.2 Å². The van der Waals surface area contributed by atoms with E-state index in [2.05, 4.69) is 20.1 Å². The lowest BCUT2D eigenvalue weighted by molar-refractivity contribution is -0.136. The highest BCUT2D eigenvalue weighted by atomic mass is 32.1. The van der Waals surface area contributed by atoms with E-state index < -0.39 is 24.5 Å². The quantitative estimate of drug-likeness (QED) is 0.389.